The normalized spacial score (nSPS) is 21.4. The first kappa shape index (κ1) is 19.8. The number of carbonyl (C=O) groups is 2. The van der Waals surface area contributed by atoms with E-state index in [2.05, 4.69) is 5.32 Å². The van der Waals surface area contributed by atoms with Crippen LogP contribution in [0.15, 0.2) is 11.0 Å². The Morgan fingerprint density at radius 2 is 1.59 bits per heavy atom. The molecule has 1 atom stereocenters. The maximum Gasteiger partial charge on any atom is 0.245 e. The number of aryl methyl sites for hydroxylation is 2. The van der Waals surface area contributed by atoms with Crippen LogP contribution in [0.1, 0.15) is 35.1 Å². The van der Waals surface area contributed by atoms with Crippen LogP contribution >= 0.6 is 0 Å². The fourth-order valence-corrected chi connectivity index (χ4v) is 5.86. The van der Waals surface area contributed by atoms with Crippen molar-refractivity contribution in [1.82, 2.24) is 14.5 Å². The number of nitrogens with zero attached hydrogens (tertiary/aromatic N) is 2. The summed E-state index contributed by atoms with van der Waals surface area (Å²) < 4.78 is 28.0. The van der Waals surface area contributed by atoms with Crippen LogP contribution in [0.25, 0.3) is 0 Å². The van der Waals surface area contributed by atoms with Crippen LogP contribution in [0.3, 0.4) is 0 Å². The summed E-state index contributed by atoms with van der Waals surface area (Å²) in [5, 5.41) is 2.68. The Kier molecular flexibility index (Phi) is 5.31. The molecule has 0 saturated carbocycles. The summed E-state index contributed by atoms with van der Waals surface area (Å²) in [6.45, 7) is 8.75. The molecule has 1 aromatic rings. The second-order valence-electron chi connectivity index (χ2n) is 7.48. The minimum Gasteiger partial charge on any atom is -0.344 e. The van der Waals surface area contributed by atoms with Crippen LogP contribution in [0, 0.1) is 27.7 Å². The van der Waals surface area contributed by atoms with Gasteiger partial charge in [0, 0.05) is 32.6 Å². The Balaban J connectivity index is 1.76. The van der Waals surface area contributed by atoms with Gasteiger partial charge in [0.05, 0.1) is 4.90 Å². The molecule has 0 bridgehead atoms. The molecule has 0 aliphatic carbocycles. The van der Waals surface area contributed by atoms with E-state index in [-0.39, 0.29) is 24.9 Å². The first-order valence-electron chi connectivity index (χ1n) is 9.28. The zero-order valence-corrected chi connectivity index (χ0v) is 17.1. The quantitative estimate of drug-likeness (QED) is 0.831. The van der Waals surface area contributed by atoms with Gasteiger partial charge in [0.1, 0.15) is 6.04 Å². The summed E-state index contributed by atoms with van der Waals surface area (Å²) in [6, 6.07) is 1.54. The van der Waals surface area contributed by atoms with Crippen molar-refractivity contribution in [3.63, 3.8) is 0 Å². The molecule has 2 saturated heterocycles. The summed E-state index contributed by atoms with van der Waals surface area (Å²) in [5.41, 5.74) is 3.49. The predicted molar refractivity (Wildman–Crippen MR) is 102 cm³/mol. The van der Waals surface area contributed by atoms with Crippen molar-refractivity contribution in [3.8, 4) is 0 Å². The number of hydrogen-bond acceptors (Lipinski definition) is 4. The lowest BCUT2D eigenvalue weighted by atomic mass is 10.0. The maximum absolute atomic E-state index is 13.3. The van der Waals surface area contributed by atoms with Crippen LogP contribution in [0.2, 0.25) is 0 Å². The SMILES string of the molecule is Cc1cc(C)c(C)c(S(=O)(=O)N2CCN(C(=O)[C@H]3CCC(=O)N3)CC2)c1C. The van der Waals surface area contributed by atoms with Gasteiger partial charge in [-0.05, 0) is 56.4 Å². The molecule has 0 radical (unpaired) electrons. The lowest BCUT2D eigenvalue weighted by Crippen LogP contribution is -2.54. The second-order valence-corrected chi connectivity index (χ2v) is 9.35. The largest absolute Gasteiger partial charge is 0.344 e. The zero-order valence-electron chi connectivity index (χ0n) is 16.3. The fourth-order valence-electron chi connectivity index (χ4n) is 3.87. The molecule has 2 fully saturated rings. The second kappa shape index (κ2) is 7.24. The molecule has 3 rings (SSSR count). The van der Waals surface area contributed by atoms with Crippen LogP contribution in [0.4, 0.5) is 0 Å². The van der Waals surface area contributed by atoms with Crippen LogP contribution in [-0.4, -0.2) is 61.7 Å². The first-order valence-corrected chi connectivity index (χ1v) is 10.7. The standard InChI is InChI=1S/C19H27N3O4S/c1-12-11-13(2)15(4)18(14(12)3)27(25,26)22-9-7-21(8-10-22)19(24)16-5-6-17(23)20-16/h11,16H,5-10H2,1-4H3,(H,20,23)/t16-/m1/s1. The van der Waals surface area contributed by atoms with E-state index in [4.69, 9.17) is 0 Å². The molecule has 0 aromatic heterocycles. The lowest BCUT2D eigenvalue weighted by Gasteiger charge is -2.35. The fraction of sp³-hybridized carbons (Fsp3) is 0.579. The van der Waals surface area contributed by atoms with Gasteiger partial charge < -0.3 is 10.2 Å². The molecule has 2 heterocycles. The van der Waals surface area contributed by atoms with Crippen LogP contribution in [0.5, 0.6) is 0 Å². The zero-order chi connectivity index (χ0) is 19.9. The van der Waals surface area contributed by atoms with Crippen molar-refractivity contribution >= 4 is 21.8 Å². The average Bonchev–Trinajstić information content (AvgIpc) is 3.06. The van der Waals surface area contributed by atoms with Crippen molar-refractivity contribution in [1.29, 1.82) is 0 Å². The van der Waals surface area contributed by atoms with E-state index in [0.717, 1.165) is 22.3 Å². The number of rotatable bonds is 3. The summed E-state index contributed by atoms with van der Waals surface area (Å²) in [6.07, 6.45) is 0.882. The lowest BCUT2D eigenvalue weighted by molar-refractivity contribution is -0.135. The number of sulfonamides is 1. The summed E-state index contributed by atoms with van der Waals surface area (Å²) in [5.74, 6) is -0.216. The van der Waals surface area contributed by atoms with E-state index < -0.39 is 16.1 Å². The molecule has 27 heavy (non-hydrogen) atoms. The number of carbonyl (C=O) groups excluding carboxylic acids is 2. The van der Waals surface area contributed by atoms with Crippen LogP contribution < -0.4 is 5.32 Å². The molecule has 1 aromatic carbocycles. The highest BCUT2D eigenvalue weighted by atomic mass is 32.2. The molecule has 0 spiro atoms. The third-order valence-corrected chi connectivity index (χ3v) is 7.91. The van der Waals surface area contributed by atoms with Crippen molar-refractivity contribution < 1.29 is 18.0 Å². The third-order valence-electron chi connectivity index (χ3n) is 5.74. The van der Waals surface area contributed by atoms with Crippen molar-refractivity contribution in [3.05, 3.63) is 28.3 Å². The molecular weight excluding hydrogens is 366 g/mol. The first-order chi connectivity index (χ1) is 12.6. The number of amides is 2. The minimum atomic E-state index is -3.62. The molecular formula is C19H27N3O4S. The maximum atomic E-state index is 13.3. The Bertz CT molecular complexity index is 860. The highest BCUT2D eigenvalue weighted by molar-refractivity contribution is 7.89. The molecule has 0 unspecified atom stereocenters. The Morgan fingerprint density at radius 3 is 2.07 bits per heavy atom. The van der Waals surface area contributed by atoms with Gasteiger partial charge >= 0.3 is 0 Å². The number of piperazine rings is 1. The van der Waals surface area contributed by atoms with E-state index >= 15 is 0 Å². The number of hydrogen-bond donors (Lipinski definition) is 1. The predicted octanol–water partition coefficient (Wildman–Crippen LogP) is 1.03. The van der Waals surface area contributed by atoms with E-state index in [9.17, 15) is 18.0 Å². The minimum absolute atomic E-state index is 0.102. The summed E-state index contributed by atoms with van der Waals surface area (Å²) in [7, 11) is -3.62. The molecule has 8 heteroatoms. The smallest absolute Gasteiger partial charge is 0.245 e. The topological polar surface area (TPSA) is 86.8 Å². The molecule has 1 N–H and O–H groups in total. The van der Waals surface area contributed by atoms with Gasteiger partial charge in [0.15, 0.2) is 0 Å². The average molecular weight is 394 g/mol. The van der Waals surface area contributed by atoms with Crippen LogP contribution in [-0.2, 0) is 19.6 Å². The molecule has 2 aliphatic heterocycles. The van der Waals surface area contributed by atoms with Gasteiger partial charge in [-0.3, -0.25) is 9.59 Å². The highest BCUT2D eigenvalue weighted by Gasteiger charge is 2.36. The van der Waals surface area contributed by atoms with Gasteiger partial charge in [-0.25, -0.2) is 8.42 Å². The molecule has 2 amide bonds. The Morgan fingerprint density at radius 1 is 1.04 bits per heavy atom. The Hall–Kier alpha value is -1.93. The van der Waals surface area contributed by atoms with E-state index in [1.165, 1.54) is 4.31 Å². The van der Waals surface area contributed by atoms with E-state index in [0.29, 0.717) is 30.8 Å². The van der Waals surface area contributed by atoms with E-state index in [1.807, 2.05) is 33.8 Å². The van der Waals surface area contributed by atoms with Gasteiger partial charge in [-0.15, -0.1) is 0 Å². The summed E-state index contributed by atoms with van der Waals surface area (Å²) in [4.78, 5) is 25.9. The number of nitrogens with one attached hydrogen (secondary N) is 1. The van der Waals surface area contributed by atoms with Gasteiger partial charge in [-0.1, -0.05) is 6.07 Å². The van der Waals surface area contributed by atoms with Gasteiger partial charge in [0.25, 0.3) is 0 Å². The third kappa shape index (κ3) is 3.60. The molecule has 7 nitrogen and oxygen atoms in total. The van der Waals surface area contributed by atoms with Crippen molar-refractivity contribution in [2.24, 2.45) is 0 Å². The van der Waals surface area contributed by atoms with Gasteiger partial charge in [0.2, 0.25) is 21.8 Å². The monoisotopic (exact) mass is 393 g/mol. The Labute approximate surface area is 160 Å². The van der Waals surface area contributed by atoms with Crippen molar-refractivity contribution in [2.45, 2.75) is 51.5 Å². The van der Waals surface area contributed by atoms with Crippen molar-refractivity contribution in [2.75, 3.05) is 26.2 Å². The number of benzene rings is 1. The van der Waals surface area contributed by atoms with Gasteiger partial charge in [-0.2, -0.15) is 4.31 Å². The highest BCUT2D eigenvalue weighted by Crippen LogP contribution is 2.29. The summed E-state index contributed by atoms with van der Waals surface area (Å²) >= 11 is 0. The van der Waals surface area contributed by atoms with E-state index in [1.54, 1.807) is 4.90 Å². The molecule has 2 aliphatic rings. The molecule has 148 valence electrons.